The Morgan fingerprint density at radius 1 is 1.35 bits per heavy atom. The molecule has 0 bridgehead atoms. The van der Waals surface area contributed by atoms with Crippen molar-refractivity contribution in [2.45, 2.75) is 45.7 Å². The van der Waals surface area contributed by atoms with E-state index in [9.17, 15) is 0 Å². The molecule has 1 aliphatic heterocycles. The van der Waals surface area contributed by atoms with Crippen LogP contribution in [-0.4, -0.2) is 31.1 Å². The maximum absolute atomic E-state index is 6.10. The van der Waals surface area contributed by atoms with E-state index in [1.807, 2.05) is 0 Å². The monoisotopic (exact) mass is 276 g/mol. The molecule has 2 rings (SSSR count). The van der Waals surface area contributed by atoms with Gasteiger partial charge in [-0.1, -0.05) is 17.7 Å². The number of hydrogen-bond acceptors (Lipinski definition) is 3. The Kier molecular flexibility index (Phi) is 5.06. The van der Waals surface area contributed by atoms with Crippen LogP contribution in [0.25, 0.3) is 0 Å². The summed E-state index contributed by atoms with van der Waals surface area (Å²) in [6, 6.07) is 7.10. The maximum atomic E-state index is 6.10. The summed E-state index contributed by atoms with van der Waals surface area (Å²) in [5.74, 6) is 1.60. The molecule has 0 amide bonds. The van der Waals surface area contributed by atoms with Crippen LogP contribution in [0.15, 0.2) is 18.2 Å². The second-order valence-corrected chi connectivity index (χ2v) is 6.18. The van der Waals surface area contributed by atoms with Gasteiger partial charge in [-0.3, -0.25) is 4.90 Å². The summed E-state index contributed by atoms with van der Waals surface area (Å²) >= 11 is 0. The normalized spacial score (nSPS) is 23.4. The maximum Gasteiger partial charge on any atom is 0.123 e. The quantitative estimate of drug-likeness (QED) is 0.918. The van der Waals surface area contributed by atoms with Crippen LogP contribution in [0.4, 0.5) is 0 Å². The molecule has 3 atom stereocenters. The fourth-order valence-electron chi connectivity index (χ4n) is 3.20. The third-order valence-corrected chi connectivity index (χ3v) is 4.62. The highest BCUT2D eigenvalue weighted by Gasteiger charge is 2.27. The molecule has 3 heteroatoms. The minimum atomic E-state index is 0.282. The summed E-state index contributed by atoms with van der Waals surface area (Å²) in [4.78, 5) is 2.55. The lowest BCUT2D eigenvalue weighted by Crippen LogP contribution is -2.43. The van der Waals surface area contributed by atoms with E-state index in [1.165, 1.54) is 24.0 Å². The molecule has 0 aromatic heterocycles. The second kappa shape index (κ2) is 6.59. The van der Waals surface area contributed by atoms with Gasteiger partial charge in [0.2, 0.25) is 0 Å². The SMILES string of the molecule is COc1ccc(C)cc1C(C)N1CCCC(C(C)N)C1. The average Bonchev–Trinajstić information content (AvgIpc) is 2.46. The number of nitrogens with two attached hydrogens (primary N) is 1. The van der Waals surface area contributed by atoms with Crippen LogP contribution in [-0.2, 0) is 0 Å². The van der Waals surface area contributed by atoms with Gasteiger partial charge in [-0.05, 0) is 52.1 Å². The van der Waals surface area contributed by atoms with Crippen molar-refractivity contribution in [3.63, 3.8) is 0 Å². The van der Waals surface area contributed by atoms with E-state index >= 15 is 0 Å². The van der Waals surface area contributed by atoms with E-state index in [1.54, 1.807) is 7.11 Å². The first-order chi connectivity index (χ1) is 9.52. The number of rotatable bonds is 4. The number of piperidine rings is 1. The van der Waals surface area contributed by atoms with Crippen molar-refractivity contribution in [2.75, 3.05) is 20.2 Å². The highest BCUT2D eigenvalue weighted by atomic mass is 16.5. The molecule has 20 heavy (non-hydrogen) atoms. The van der Waals surface area contributed by atoms with E-state index in [4.69, 9.17) is 10.5 Å². The van der Waals surface area contributed by atoms with Gasteiger partial charge < -0.3 is 10.5 Å². The van der Waals surface area contributed by atoms with E-state index in [0.717, 1.165) is 18.8 Å². The fourth-order valence-corrected chi connectivity index (χ4v) is 3.20. The highest BCUT2D eigenvalue weighted by molar-refractivity contribution is 5.39. The number of hydrogen-bond donors (Lipinski definition) is 1. The first kappa shape index (κ1) is 15.3. The molecule has 1 saturated heterocycles. The van der Waals surface area contributed by atoms with Crippen LogP contribution in [0.5, 0.6) is 5.75 Å². The summed E-state index contributed by atoms with van der Waals surface area (Å²) in [7, 11) is 1.75. The molecule has 3 unspecified atom stereocenters. The smallest absolute Gasteiger partial charge is 0.123 e. The van der Waals surface area contributed by atoms with Gasteiger partial charge in [0.15, 0.2) is 0 Å². The van der Waals surface area contributed by atoms with Crippen LogP contribution in [0.1, 0.15) is 43.9 Å². The zero-order chi connectivity index (χ0) is 14.7. The highest BCUT2D eigenvalue weighted by Crippen LogP contribution is 2.33. The molecule has 1 fully saturated rings. The number of aryl methyl sites for hydroxylation is 1. The Morgan fingerprint density at radius 2 is 2.10 bits per heavy atom. The minimum absolute atomic E-state index is 0.282. The van der Waals surface area contributed by atoms with Crippen molar-refractivity contribution in [3.05, 3.63) is 29.3 Å². The van der Waals surface area contributed by atoms with Crippen LogP contribution in [0.2, 0.25) is 0 Å². The van der Waals surface area contributed by atoms with Gasteiger partial charge in [0.1, 0.15) is 5.75 Å². The predicted molar refractivity (Wildman–Crippen MR) is 84.1 cm³/mol. The van der Waals surface area contributed by atoms with Crippen LogP contribution in [0, 0.1) is 12.8 Å². The van der Waals surface area contributed by atoms with Crippen molar-refractivity contribution in [1.82, 2.24) is 4.90 Å². The number of ether oxygens (including phenoxy) is 1. The zero-order valence-corrected chi connectivity index (χ0v) is 13.2. The lowest BCUT2D eigenvalue weighted by molar-refractivity contribution is 0.120. The van der Waals surface area contributed by atoms with Gasteiger partial charge in [-0.15, -0.1) is 0 Å². The van der Waals surface area contributed by atoms with Gasteiger partial charge in [0, 0.05) is 24.2 Å². The standard InChI is InChI=1S/C17H28N2O/c1-12-7-8-17(20-4)16(10-12)14(3)19-9-5-6-15(11-19)13(2)18/h7-8,10,13-15H,5-6,9,11,18H2,1-4H3. The molecule has 3 nitrogen and oxygen atoms in total. The topological polar surface area (TPSA) is 38.5 Å². The van der Waals surface area contributed by atoms with Crippen LogP contribution < -0.4 is 10.5 Å². The zero-order valence-electron chi connectivity index (χ0n) is 13.2. The molecule has 0 saturated carbocycles. The number of nitrogens with zero attached hydrogens (tertiary/aromatic N) is 1. The average molecular weight is 276 g/mol. The molecule has 0 aliphatic carbocycles. The van der Waals surface area contributed by atoms with Crippen molar-refractivity contribution >= 4 is 0 Å². The van der Waals surface area contributed by atoms with Crippen LogP contribution in [0.3, 0.4) is 0 Å². The third-order valence-electron chi connectivity index (χ3n) is 4.62. The number of benzene rings is 1. The molecule has 1 aromatic carbocycles. The predicted octanol–water partition coefficient (Wildman–Crippen LogP) is 3.12. The molecule has 1 aromatic rings. The van der Waals surface area contributed by atoms with Crippen molar-refractivity contribution in [2.24, 2.45) is 11.7 Å². The minimum Gasteiger partial charge on any atom is -0.496 e. The first-order valence-electron chi connectivity index (χ1n) is 7.67. The summed E-state index contributed by atoms with van der Waals surface area (Å²) in [6.07, 6.45) is 2.50. The Hall–Kier alpha value is -1.06. The third kappa shape index (κ3) is 3.33. The van der Waals surface area contributed by atoms with Gasteiger partial charge in [-0.2, -0.15) is 0 Å². The Balaban J connectivity index is 2.18. The molecule has 112 valence electrons. The van der Waals surface area contributed by atoms with E-state index in [-0.39, 0.29) is 6.04 Å². The molecule has 2 N–H and O–H groups in total. The second-order valence-electron chi connectivity index (χ2n) is 6.18. The molecular formula is C17H28N2O. The molecular weight excluding hydrogens is 248 g/mol. The van der Waals surface area contributed by atoms with E-state index in [0.29, 0.717) is 12.0 Å². The van der Waals surface area contributed by atoms with Gasteiger partial charge in [0.25, 0.3) is 0 Å². The largest absolute Gasteiger partial charge is 0.496 e. The molecule has 0 spiro atoms. The summed E-state index contributed by atoms with van der Waals surface area (Å²) in [6.45, 7) is 8.79. The Morgan fingerprint density at radius 3 is 2.75 bits per heavy atom. The Bertz CT molecular complexity index is 445. The van der Waals surface area contributed by atoms with Crippen molar-refractivity contribution in [3.8, 4) is 5.75 Å². The van der Waals surface area contributed by atoms with Gasteiger partial charge >= 0.3 is 0 Å². The summed E-state index contributed by atoms with van der Waals surface area (Å²) in [5, 5.41) is 0. The Labute approximate surface area is 123 Å². The summed E-state index contributed by atoms with van der Waals surface area (Å²) in [5.41, 5.74) is 8.67. The number of likely N-dealkylation sites (tertiary alicyclic amines) is 1. The van der Waals surface area contributed by atoms with Crippen molar-refractivity contribution in [1.29, 1.82) is 0 Å². The molecule has 0 radical (unpaired) electrons. The first-order valence-corrected chi connectivity index (χ1v) is 7.67. The van der Waals surface area contributed by atoms with Crippen molar-refractivity contribution < 1.29 is 4.74 Å². The fraction of sp³-hybridized carbons (Fsp3) is 0.647. The summed E-state index contributed by atoms with van der Waals surface area (Å²) < 4.78 is 5.54. The van der Waals surface area contributed by atoms with E-state index < -0.39 is 0 Å². The lowest BCUT2D eigenvalue weighted by Gasteiger charge is -2.38. The molecule has 1 aliphatic rings. The van der Waals surface area contributed by atoms with Gasteiger partial charge in [-0.25, -0.2) is 0 Å². The number of methoxy groups -OCH3 is 1. The van der Waals surface area contributed by atoms with Crippen LogP contribution >= 0.6 is 0 Å². The lowest BCUT2D eigenvalue weighted by atomic mass is 9.90. The van der Waals surface area contributed by atoms with Gasteiger partial charge in [0.05, 0.1) is 7.11 Å². The molecule has 1 heterocycles. The van der Waals surface area contributed by atoms with E-state index in [2.05, 4.69) is 43.9 Å².